The van der Waals surface area contributed by atoms with Crippen LogP contribution in [0.15, 0.2) is 42.5 Å². The smallest absolute Gasteiger partial charge is 0.315 e. The van der Waals surface area contributed by atoms with Gasteiger partial charge in [0.15, 0.2) is 11.5 Å². The highest BCUT2D eigenvalue weighted by Crippen LogP contribution is 2.31. The number of methoxy groups -OCH3 is 2. The SMILES string of the molecule is CCOC(=O)C(CNC(=O)Cc1cccc(OC(C)CC)c1)c1ccc(OC)c(OC)c1. The molecule has 1 amide bonds. The van der Waals surface area contributed by atoms with Gasteiger partial charge in [-0.3, -0.25) is 9.59 Å². The van der Waals surface area contributed by atoms with Gasteiger partial charge in [-0.2, -0.15) is 0 Å². The normalized spacial score (nSPS) is 12.4. The number of carbonyl (C=O) groups is 2. The van der Waals surface area contributed by atoms with Crippen molar-refractivity contribution >= 4 is 11.9 Å². The van der Waals surface area contributed by atoms with Gasteiger partial charge >= 0.3 is 5.97 Å². The van der Waals surface area contributed by atoms with Gasteiger partial charge in [-0.15, -0.1) is 0 Å². The molecule has 0 saturated heterocycles. The minimum atomic E-state index is -0.668. The molecule has 0 aliphatic rings. The van der Waals surface area contributed by atoms with Crippen molar-refractivity contribution in [1.29, 1.82) is 0 Å². The molecule has 0 heterocycles. The Morgan fingerprint density at radius 2 is 1.75 bits per heavy atom. The first-order valence-corrected chi connectivity index (χ1v) is 10.8. The lowest BCUT2D eigenvalue weighted by atomic mass is 9.98. The zero-order valence-corrected chi connectivity index (χ0v) is 19.5. The van der Waals surface area contributed by atoms with E-state index in [0.717, 1.165) is 17.7 Å². The Hall–Kier alpha value is -3.22. The number of ether oxygens (including phenoxy) is 4. The minimum absolute atomic E-state index is 0.103. The topological polar surface area (TPSA) is 83.1 Å². The molecule has 7 nitrogen and oxygen atoms in total. The van der Waals surface area contributed by atoms with Crippen molar-refractivity contribution in [1.82, 2.24) is 5.32 Å². The van der Waals surface area contributed by atoms with E-state index in [2.05, 4.69) is 12.2 Å². The van der Waals surface area contributed by atoms with Crippen LogP contribution < -0.4 is 19.5 Å². The van der Waals surface area contributed by atoms with Crippen molar-refractivity contribution in [2.75, 3.05) is 27.4 Å². The standard InChI is InChI=1S/C25H33NO6/c1-6-17(3)32-20-10-8-9-18(13-20)14-24(27)26-16-21(25(28)31-7-2)19-11-12-22(29-4)23(15-19)30-5/h8-13,15,17,21H,6-7,14,16H2,1-5H3,(H,26,27). The highest BCUT2D eigenvalue weighted by atomic mass is 16.5. The molecule has 0 aliphatic heterocycles. The van der Waals surface area contributed by atoms with E-state index >= 15 is 0 Å². The van der Waals surface area contributed by atoms with E-state index < -0.39 is 11.9 Å². The van der Waals surface area contributed by atoms with Gasteiger partial charge < -0.3 is 24.3 Å². The van der Waals surface area contributed by atoms with Crippen LogP contribution in [0.3, 0.4) is 0 Å². The summed E-state index contributed by atoms with van der Waals surface area (Å²) in [4.78, 5) is 25.2. The molecule has 0 aromatic heterocycles. The fourth-order valence-corrected chi connectivity index (χ4v) is 3.16. The predicted octanol–water partition coefficient (Wildman–Crippen LogP) is 3.89. The molecule has 174 valence electrons. The lowest BCUT2D eigenvalue weighted by Gasteiger charge is -2.18. The second-order valence-electron chi connectivity index (χ2n) is 7.38. The maximum absolute atomic E-state index is 12.6. The van der Waals surface area contributed by atoms with Gasteiger partial charge in [0.05, 0.1) is 39.3 Å². The maximum Gasteiger partial charge on any atom is 0.315 e. The van der Waals surface area contributed by atoms with E-state index in [9.17, 15) is 9.59 Å². The lowest BCUT2D eigenvalue weighted by molar-refractivity contribution is -0.144. The summed E-state index contributed by atoms with van der Waals surface area (Å²) in [5.74, 6) is 0.522. The first kappa shape index (κ1) is 25.0. The van der Waals surface area contributed by atoms with E-state index in [-0.39, 0.29) is 31.6 Å². The van der Waals surface area contributed by atoms with Crippen molar-refractivity contribution in [3.8, 4) is 17.2 Å². The summed E-state index contributed by atoms with van der Waals surface area (Å²) in [5.41, 5.74) is 1.51. The minimum Gasteiger partial charge on any atom is -0.493 e. The zero-order chi connectivity index (χ0) is 23.5. The number of nitrogens with one attached hydrogen (secondary N) is 1. The molecular weight excluding hydrogens is 410 g/mol. The molecule has 0 bridgehead atoms. The number of rotatable bonds is 12. The number of esters is 1. The molecule has 32 heavy (non-hydrogen) atoms. The van der Waals surface area contributed by atoms with Crippen molar-refractivity contribution in [2.24, 2.45) is 0 Å². The van der Waals surface area contributed by atoms with Crippen LogP contribution in [0.25, 0.3) is 0 Å². The molecular formula is C25H33NO6. The van der Waals surface area contributed by atoms with Gasteiger partial charge in [0, 0.05) is 6.54 Å². The van der Waals surface area contributed by atoms with Crippen LogP contribution in [-0.2, 0) is 20.7 Å². The van der Waals surface area contributed by atoms with E-state index in [1.165, 1.54) is 7.11 Å². The van der Waals surface area contributed by atoms with Crippen molar-refractivity contribution in [3.63, 3.8) is 0 Å². The number of carbonyl (C=O) groups excluding carboxylic acids is 2. The van der Waals surface area contributed by atoms with Gasteiger partial charge in [0.25, 0.3) is 0 Å². The Morgan fingerprint density at radius 3 is 2.41 bits per heavy atom. The van der Waals surface area contributed by atoms with Crippen LogP contribution in [0.4, 0.5) is 0 Å². The highest BCUT2D eigenvalue weighted by molar-refractivity contribution is 5.82. The molecule has 1 N–H and O–H groups in total. The average molecular weight is 444 g/mol. The first-order chi connectivity index (χ1) is 15.4. The number of amides is 1. The highest BCUT2D eigenvalue weighted by Gasteiger charge is 2.24. The van der Waals surface area contributed by atoms with E-state index in [0.29, 0.717) is 17.1 Å². The van der Waals surface area contributed by atoms with Crippen LogP contribution >= 0.6 is 0 Å². The van der Waals surface area contributed by atoms with Crippen molar-refractivity contribution in [2.45, 2.75) is 45.6 Å². The molecule has 0 radical (unpaired) electrons. The number of benzene rings is 2. The fourth-order valence-electron chi connectivity index (χ4n) is 3.16. The Labute approximate surface area is 190 Å². The second-order valence-corrected chi connectivity index (χ2v) is 7.38. The molecule has 7 heteroatoms. The third kappa shape index (κ3) is 7.18. The Balaban J connectivity index is 2.09. The monoisotopic (exact) mass is 443 g/mol. The van der Waals surface area contributed by atoms with Gasteiger partial charge in [-0.05, 0) is 55.7 Å². The van der Waals surface area contributed by atoms with Crippen LogP contribution in [0, 0.1) is 0 Å². The van der Waals surface area contributed by atoms with Crippen LogP contribution in [0.5, 0.6) is 17.2 Å². The quantitative estimate of drug-likeness (QED) is 0.501. The van der Waals surface area contributed by atoms with Gasteiger partial charge in [0.1, 0.15) is 5.75 Å². The summed E-state index contributed by atoms with van der Waals surface area (Å²) >= 11 is 0. The summed E-state index contributed by atoms with van der Waals surface area (Å²) < 4.78 is 21.7. The molecule has 2 rings (SSSR count). The van der Waals surface area contributed by atoms with Crippen LogP contribution in [0.2, 0.25) is 0 Å². The number of hydrogen-bond donors (Lipinski definition) is 1. The van der Waals surface area contributed by atoms with Crippen molar-refractivity contribution < 1.29 is 28.5 Å². The molecule has 2 atom stereocenters. The molecule has 0 aliphatic carbocycles. The molecule has 2 unspecified atom stereocenters. The second kappa shape index (κ2) is 12.6. The summed E-state index contributed by atoms with van der Waals surface area (Å²) in [7, 11) is 3.07. The third-order valence-electron chi connectivity index (χ3n) is 5.06. The van der Waals surface area contributed by atoms with Crippen LogP contribution in [0.1, 0.15) is 44.2 Å². The molecule has 2 aromatic rings. The summed E-state index contributed by atoms with van der Waals surface area (Å²) in [6.45, 7) is 6.16. The summed E-state index contributed by atoms with van der Waals surface area (Å²) in [6, 6.07) is 12.7. The first-order valence-electron chi connectivity index (χ1n) is 10.8. The van der Waals surface area contributed by atoms with Gasteiger partial charge in [-0.25, -0.2) is 0 Å². The lowest BCUT2D eigenvalue weighted by Crippen LogP contribution is -2.33. The summed E-state index contributed by atoms with van der Waals surface area (Å²) in [6.07, 6.45) is 1.18. The Bertz CT molecular complexity index is 898. The summed E-state index contributed by atoms with van der Waals surface area (Å²) in [5, 5.41) is 2.85. The fraction of sp³-hybridized carbons (Fsp3) is 0.440. The molecule has 0 fully saturated rings. The Morgan fingerprint density at radius 1 is 1.00 bits per heavy atom. The van der Waals surface area contributed by atoms with E-state index in [4.69, 9.17) is 18.9 Å². The third-order valence-corrected chi connectivity index (χ3v) is 5.06. The van der Waals surface area contributed by atoms with Gasteiger partial charge in [0.2, 0.25) is 5.91 Å². The molecule has 0 saturated carbocycles. The van der Waals surface area contributed by atoms with E-state index in [1.807, 2.05) is 31.2 Å². The maximum atomic E-state index is 12.6. The Kier molecular flexibility index (Phi) is 9.85. The van der Waals surface area contributed by atoms with E-state index in [1.54, 1.807) is 32.2 Å². The van der Waals surface area contributed by atoms with Crippen molar-refractivity contribution in [3.05, 3.63) is 53.6 Å². The predicted molar refractivity (Wildman–Crippen MR) is 122 cm³/mol. The average Bonchev–Trinajstić information content (AvgIpc) is 2.79. The zero-order valence-electron chi connectivity index (χ0n) is 19.5. The largest absolute Gasteiger partial charge is 0.493 e. The molecule has 2 aromatic carbocycles. The number of hydrogen-bond acceptors (Lipinski definition) is 6. The van der Waals surface area contributed by atoms with Gasteiger partial charge in [-0.1, -0.05) is 25.1 Å². The van der Waals surface area contributed by atoms with Crippen LogP contribution in [-0.4, -0.2) is 45.4 Å². The molecule has 0 spiro atoms.